The quantitative estimate of drug-likeness (QED) is 0.523. The molecule has 0 aliphatic heterocycles. The number of nitrogens with one attached hydrogen (secondary N) is 1. The van der Waals surface area contributed by atoms with Crippen LogP contribution in [0.4, 0.5) is 5.69 Å². The van der Waals surface area contributed by atoms with Crippen molar-refractivity contribution in [3.63, 3.8) is 0 Å². The second-order valence-electron chi connectivity index (χ2n) is 6.30. The van der Waals surface area contributed by atoms with E-state index < -0.39 is 4.92 Å². The minimum absolute atomic E-state index is 0.0177. The van der Waals surface area contributed by atoms with Crippen LogP contribution >= 0.6 is 0 Å². The zero-order valence-corrected chi connectivity index (χ0v) is 14.5. The van der Waals surface area contributed by atoms with Crippen LogP contribution in [0, 0.1) is 10.1 Å². The Balaban J connectivity index is 1.60. The molecule has 7 nitrogen and oxygen atoms in total. The highest BCUT2D eigenvalue weighted by atomic mass is 16.6. The summed E-state index contributed by atoms with van der Waals surface area (Å²) in [6, 6.07) is 14.6. The van der Waals surface area contributed by atoms with Crippen LogP contribution in [0.15, 0.2) is 54.7 Å². The van der Waals surface area contributed by atoms with Crippen LogP contribution in [0.25, 0.3) is 10.9 Å². The van der Waals surface area contributed by atoms with Crippen LogP contribution in [0.1, 0.15) is 18.9 Å². The third kappa shape index (κ3) is 4.24. The van der Waals surface area contributed by atoms with Gasteiger partial charge >= 0.3 is 0 Å². The number of hydrogen-bond donors (Lipinski definition) is 1. The molecule has 1 amide bonds. The van der Waals surface area contributed by atoms with Gasteiger partial charge in [-0.2, -0.15) is 5.10 Å². The maximum atomic E-state index is 12.3. The fourth-order valence-electron chi connectivity index (χ4n) is 2.85. The molecule has 0 bridgehead atoms. The monoisotopic (exact) mass is 352 g/mol. The molecule has 0 saturated heterocycles. The first-order valence-electron chi connectivity index (χ1n) is 8.46. The van der Waals surface area contributed by atoms with E-state index in [9.17, 15) is 14.9 Å². The highest BCUT2D eigenvalue weighted by Crippen LogP contribution is 2.20. The van der Waals surface area contributed by atoms with Gasteiger partial charge < -0.3 is 5.32 Å². The fourth-order valence-corrected chi connectivity index (χ4v) is 2.85. The van der Waals surface area contributed by atoms with Crippen molar-refractivity contribution in [3.8, 4) is 0 Å². The normalized spacial score (nSPS) is 12.0. The Morgan fingerprint density at radius 1 is 1.27 bits per heavy atom. The first-order valence-corrected chi connectivity index (χ1v) is 8.46. The lowest BCUT2D eigenvalue weighted by Gasteiger charge is -2.14. The molecule has 3 rings (SSSR count). The van der Waals surface area contributed by atoms with Gasteiger partial charge in [0.15, 0.2) is 0 Å². The molecule has 26 heavy (non-hydrogen) atoms. The predicted molar refractivity (Wildman–Crippen MR) is 98.8 cm³/mol. The summed E-state index contributed by atoms with van der Waals surface area (Å²) in [5.41, 5.74) is 1.79. The number of aryl methyl sites for hydroxylation is 1. The average Bonchev–Trinajstić information content (AvgIpc) is 3.03. The van der Waals surface area contributed by atoms with Crippen LogP contribution in [0.2, 0.25) is 0 Å². The standard InChI is InChI=1S/C19H20N4O3/c1-14(7-8-15-5-3-2-4-6-15)21-19(24)13-22-18-11-17(23(25)26)10-9-16(18)12-20-22/h2-6,9-12,14H,7-8,13H2,1H3,(H,21,24). The van der Waals surface area contributed by atoms with E-state index in [0.29, 0.717) is 5.52 Å². The van der Waals surface area contributed by atoms with Gasteiger partial charge in [0, 0.05) is 23.6 Å². The number of aromatic nitrogens is 2. The van der Waals surface area contributed by atoms with Gasteiger partial charge in [-0.15, -0.1) is 0 Å². The summed E-state index contributed by atoms with van der Waals surface area (Å²) < 4.78 is 1.49. The van der Waals surface area contributed by atoms with Gasteiger partial charge in [-0.3, -0.25) is 19.6 Å². The molecular formula is C19H20N4O3. The van der Waals surface area contributed by atoms with Gasteiger partial charge in [-0.05, 0) is 31.4 Å². The average molecular weight is 352 g/mol. The van der Waals surface area contributed by atoms with Gasteiger partial charge in [0.25, 0.3) is 5.69 Å². The third-order valence-electron chi connectivity index (χ3n) is 4.25. The number of hydrogen-bond acceptors (Lipinski definition) is 4. The van der Waals surface area contributed by atoms with Gasteiger partial charge in [0.2, 0.25) is 5.91 Å². The van der Waals surface area contributed by atoms with Gasteiger partial charge in [0.1, 0.15) is 6.54 Å². The van der Waals surface area contributed by atoms with E-state index in [-0.39, 0.29) is 24.2 Å². The molecule has 0 spiro atoms. The summed E-state index contributed by atoms with van der Waals surface area (Å²) >= 11 is 0. The molecule has 1 unspecified atom stereocenters. The highest BCUT2D eigenvalue weighted by molar-refractivity contribution is 5.83. The van der Waals surface area contributed by atoms with Crippen molar-refractivity contribution in [3.05, 3.63) is 70.4 Å². The van der Waals surface area contributed by atoms with E-state index in [0.717, 1.165) is 18.2 Å². The number of nitro benzene ring substituents is 1. The molecule has 1 atom stereocenters. The lowest BCUT2D eigenvalue weighted by molar-refractivity contribution is -0.384. The lowest BCUT2D eigenvalue weighted by Crippen LogP contribution is -2.35. The smallest absolute Gasteiger partial charge is 0.271 e. The predicted octanol–water partition coefficient (Wildman–Crippen LogP) is 3.08. The van der Waals surface area contributed by atoms with Crippen LogP contribution in [0.3, 0.4) is 0 Å². The molecule has 1 N–H and O–H groups in total. The Labute approximate surface area is 150 Å². The largest absolute Gasteiger partial charge is 0.352 e. The number of fused-ring (bicyclic) bond motifs is 1. The highest BCUT2D eigenvalue weighted by Gasteiger charge is 2.13. The van der Waals surface area contributed by atoms with E-state index in [1.165, 1.54) is 22.4 Å². The summed E-state index contributed by atoms with van der Waals surface area (Å²) in [6.45, 7) is 1.99. The summed E-state index contributed by atoms with van der Waals surface area (Å²) in [6.07, 6.45) is 3.32. The molecule has 0 saturated carbocycles. The zero-order valence-electron chi connectivity index (χ0n) is 14.5. The third-order valence-corrected chi connectivity index (χ3v) is 4.25. The first-order chi connectivity index (χ1) is 12.5. The molecule has 7 heteroatoms. The molecule has 2 aromatic carbocycles. The topological polar surface area (TPSA) is 90.1 Å². The Hall–Kier alpha value is -3.22. The molecule has 0 radical (unpaired) electrons. The number of nitro groups is 1. The molecule has 0 aliphatic carbocycles. The van der Waals surface area contributed by atoms with Crippen molar-refractivity contribution in [1.29, 1.82) is 0 Å². The van der Waals surface area contributed by atoms with E-state index >= 15 is 0 Å². The Kier molecular flexibility index (Phi) is 5.26. The summed E-state index contributed by atoms with van der Waals surface area (Å²) in [5.74, 6) is -0.165. The lowest BCUT2D eigenvalue weighted by atomic mass is 10.1. The maximum absolute atomic E-state index is 12.3. The van der Waals surface area contributed by atoms with Gasteiger partial charge in [0.05, 0.1) is 16.6 Å². The van der Waals surface area contributed by atoms with Crippen LogP contribution < -0.4 is 5.32 Å². The molecule has 3 aromatic rings. The molecule has 1 heterocycles. The first kappa shape index (κ1) is 17.6. The van der Waals surface area contributed by atoms with E-state index in [1.807, 2.05) is 25.1 Å². The molecular weight excluding hydrogens is 332 g/mol. The Bertz CT molecular complexity index is 921. The van der Waals surface area contributed by atoms with Crippen molar-refractivity contribution in [2.24, 2.45) is 0 Å². The Morgan fingerprint density at radius 2 is 2.04 bits per heavy atom. The molecule has 0 fully saturated rings. The molecule has 134 valence electrons. The maximum Gasteiger partial charge on any atom is 0.271 e. The number of carbonyl (C=O) groups is 1. The van der Waals surface area contributed by atoms with Crippen LogP contribution in [0.5, 0.6) is 0 Å². The van der Waals surface area contributed by atoms with Crippen molar-refractivity contribution in [2.75, 3.05) is 0 Å². The van der Waals surface area contributed by atoms with Crippen molar-refractivity contribution < 1.29 is 9.72 Å². The minimum Gasteiger partial charge on any atom is -0.352 e. The molecule has 1 aromatic heterocycles. The fraction of sp³-hybridized carbons (Fsp3) is 0.263. The Morgan fingerprint density at radius 3 is 2.77 bits per heavy atom. The number of nitrogens with zero attached hydrogens (tertiary/aromatic N) is 3. The van der Waals surface area contributed by atoms with E-state index in [1.54, 1.807) is 12.3 Å². The van der Waals surface area contributed by atoms with Crippen LogP contribution in [-0.4, -0.2) is 26.7 Å². The summed E-state index contributed by atoms with van der Waals surface area (Å²) in [4.78, 5) is 22.8. The zero-order chi connectivity index (χ0) is 18.5. The van der Waals surface area contributed by atoms with Gasteiger partial charge in [-0.25, -0.2) is 0 Å². The SMILES string of the molecule is CC(CCc1ccccc1)NC(=O)Cn1ncc2ccc([N+](=O)[O-])cc21. The summed E-state index contributed by atoms with van der Waals surface area (Å²) in [5, 5.41) is 18.8. The van der Waals surface area contributed by atoms with Crippen molar-refractivity contribution in [1.82, 2.24) is 15.1 Å². The second kappa shape index (κ2) is 7.77. The van der Waals surface area contributed by atoms with E-state index in [2.05, 4.69) is 22.5 Å². The number of carbonyl (C=O) groups excluding carboxylic acids is 1. The minimum atomic E-state index is -0.456. The summed E-state index contributed by atoms with van der Waals surface area (Å²) in [7, 11) is 0. The number of benzene rings is 2. The number of non-ortho nitro benzene ring substituents is 1. The van der Waals surface area contributed by atoms with Crippen LogP contribution in [-0.2, 0) is 17.8 Å². The second-order valence-corrected chi connectivity index (χ2v) is 6.30. The van der Waals surface area contributed by atoms with E-state index in [4.69, 9.17) is 0 Å². The number of rotatable bonds is 7. The van der Waals surface area contributed by atoms with Crippen molar-refractivity contribution >= 4 is 22.5 Å². The molecule has 0 aliphatic rings. The number of amides is 1. The van der Waals surface area contributed by atoms with Gasteiger partial charge in [-0.1, -0.05) is 30.3 Å². The van der Waals surface area contributed by atoms with Crippen molar-refractivity contribution in [2.45, 2.75) is 32.4 Å².